The van der Waals surface area contributed by atoms with E-state index >= 15 is 0 Å². The van der Waals surface area contributed by atoms with Crippen molar-refractivity contribution in [2.75, 3.05) is 16.6 Å². The van der Waals surface area contributed by atoms with Crippen LogP contribution in [0.25, 0.3) is 0 Å². The molecule has 7 nitrogen and oxygen atoms in total. The summed E-state index contributed by atoms with van der Waals surface area (Å²) in [5.41, 5.74) is 6.19. The number of hydrogen-bond acceptors (Lipinski definition) is 5. The highest BCUT2D eigenvalue weighted by atomic mass is 32.2. The zero-order valence-corrected chi connectivity index (χ0v) is 11.5. The monoisotopic (exact) mass is 281 g/mol. The first-order valence-electron chi connectivity index (χ1n) is 5.68. The van der Waals surface area contributed by atoms with Crippen molar-refractivity contribution in [3.05, 3.63) is 30.7 Å². The van der Waals surface area contributed by atoms with Gasteiger partial charge in [-0.05, 0) is 19.1 Å². The topological polar surface area (TPSA) is 94.1 Å². The molecule has 0 aliphatic carbocycles. The van der Waals surface area contributed by atoms with Gasteiger partial charge in [0, 0.05) is 32.2 Å². The molecule has 0 radical (unpaired) electrons. The highest BCUT2D eigenvalue weighted by Crippen LogP contribution is 2.25. The summed E-state index contributed by atoms with van der Waals surface area (Å²) < 4.78 is 27.8. The number of nitrogens with two attached hydrogens (primary N) is 1. The fourth-order valence-corrected chi connectivity index (χ4v) is 3.37. The van der Waals surface area contributed by atoms with E-state index in [9.17, 15) is 8.42 Å². The molecule has 2 aromatic rings. The summed E-state index contributed by atoms with van der Waals surface area (Å²) in [5, 5.41) is 3.86. The summed E-state index contributed by atoms with van der Waals surface area (Å²) >= 11 is 0. The second-order valence-electron chi connectivity index (χ2n) is 3.93. The van der Waals surface area contributed by atoms with Crippen LogP contribution in [0.15, 0.2) is 35.6 Å². The predicted molar refractivity (Wildman–Crippen MR) is 72.1 cm³/mol. The first-order chi connectivity index (χ1) is 8.96. The zero-order chi connectivity index (χ0) is 14.0. The number of aromatic nitrogens is 3. The normalized spacial score (nSPS) is 11.5. The number of pyridine rings is 1. The van der Waals surface area contributed by atoms with Crippen LogP contribution in [0.1, 0.15) is 6.92 Å². The Morgan fingerprint density at radius 3 is 2.47 bits per heavy atom. The van der Waals surface area contributed by atoms with Crippen LogP contribution >= 0.6 is 0 Å². The number of sulfonamides is 1. The number of rotatable bonds is 4. The van der Waals surface area contributed by atoms with Gasteiger partial charge in [0.1, 0.15) is 4.90 Å². The molecule has 2 rings (SSSR count). The molecule has 0 saturated carbocycles. The molecule has 0 aromatic carbocycles. The van der Waals surface area contributed by atoms with E-state index in [0.717, 1.165) is 0 Å². The first kappa shape index (κ1) is 13.3. The second-order valence-corrected chi connectivity index (χ2v) is 5.76. The first-order valence-corrected chi connectivity index (χ1v) is 7.12. The average molecular weight is 281 g/mol. The molecule has 2 aromatic heterocycles. The van der Waals surface area contributed by atoms with Crippen molar-refractivity contribution in [2.45, 2.75) is 11.8 Å². The van der Waals surface area contributed by atoms with Crippen molar-refractivity contribution in [1.29, 1.82) is 0 Å². The lowest BCUT2D eigenvalue weighted by atomic mass is 10.4. The standard InChI is InChI=1S/C11H15N5O2S/c1-3-16(9-4-6-13-7-5-9)19(17,18)10-8-15(2)14-11(10)12/h4-8H,3H2,1-2H3,(H2,12,14). The Balaban J connectivity index is 2.51. The molecule has 102 valence electrons. The third kappa shape index (κ3) is 2.39. The van der Waals surface area contributed by atoms with Crippen LogP contribution in [0.3, 0.4) is 0 Å². The quantitative estimate of drug-likeness (QED) is 0.886. The molecule has 0 amide bonds. The van der Waals surface area contributed by atoms with Crippen LogP contribution in [-0.4, -0.2) is 29.7 Å². The van der Waals surface area contributed by atoms with E-state index in [1.807, 2.05) is 0 Å². The Kier molecular flexibility index (Phi) is 3.43. The van der Waals surface area contributed by atoms with Gasteiger partial charge in [-0.3, -0.25) is 14.0 Å². The van der Waals surface area contributed by atoms with Crippen LogP contribution in [0.2, 0.25) is 0 Å². The smallest absolute Gasteiger partial charge is 0.269 e. The number of nitrogen functional groups attached to an aromatic ring is 1. The van der Waals surface area contributed by atoms with E-state index in [2.05, 4.69) is 10.1 Å². The summed E-state index contributed by atoms with van der Waals surface area (Å²) in [7, 11) is -2.09. The molecule has 0 aliphatic heterocycles. The Hall–Kier alpha value is -2.09. The van der Waals surface area contributed by atoms with Gasteiger partial charge >= 0.3 is 0 Å². The summed E-state index contributed by atoms with van der Waals surface area (Å²) in [5.74, 6) is -0.00462. The lowest BCUT2D eigenvalue weighted by molar-refractivity contribution is 0.592. The van der Waals surface area contributed by atoms with Gasteiger partial charge in [-0.25, -0.2) is 8.42 Å². The lowest BCUT2D eigenvalue weighted by Crippen LogP contribution is -2.31. The molecule has 2 heterocycles. The molecule has 0 fully saturated rings. The molecule has 19 heavy (non-hydrogen) atoms. The van der Waals surface area contributed by atoms with Gasteiger partial charge in [-0.2, -0.15) is 5.10 Å². The molecule has 0 aliphatic rings. The molecule has 0 atom stereocenters. The predicted octanol–water partition coefficient (Wildman–Crippen LogP) is 0.612. The van der Waals surface area contributed by atoms with E-state index in [-0.39, 0.29) is 10.7 Å². The van der Waals surface area contributed by atoms with Crippen LogP contribution in [0, 0.1) is 0 Å². The minimum Gasteiger partial charge on any atom is -0.381 e. The maximum atomic E-state index is 12.6. The van der Waals surface area contributed by atoms with Gasteiger partial charge < -0.3 is 5.73 Å². The summed E-state index contributed by atoms with van der Waals surface area (Å²) in [6.45, 7) is 2.05. The van der Waals surface area contributed by atoms with Crippen molar-refractivity contribution in [3.8, 4) is 0 Å². The maximum Gasteiger partial charge on any atom is 0.269 e. The minimum absolute atomic E-state index is 0.00462. The molecule has 0 bridgehead atoms. The fourth-order valence-electron chi connectivity index (χ4n) is 1.80. The fraction of sp³-hybridized carbons (Fsp3) is 0.273. The van der Waals surface area contributed by atoms with Gasteiger partial charge in [-0.15, -0.1) is 0 Å². The molecule has 8 heteroatoms. The molecule has 0 unspecified atom stereocenters. The molecule has 0 spiro atoms. The maximum absolute atomic E-state index is 12.6. The molecular weight excluding hydrogens is 266 g/mol. The van der Waals surface area contributed by atoms with Crippen LogP contribution < -0.4 is 10.0 Å². The highest BCUT2D eigenvalue weighted by molar-refractivity contribution is 7.93. The summed E-state index contributed by atoms with van der Waals surface area (Å²) in [4.78, 5) is 3.88. The molecular formula is C11H15N5O2S. The van der Waals surface area contributed by atoms with Crippen molar-refractivity contribution in [1.82, 2.24) is 14.8 Å². The van der Waals surface area contributed by atoms with E-state index < -0.39 is 10.0 Å². The Bertz CT molecular complexity index is 666. The lowest BCUT2D eigenvalue weighted by Gasteiger charge is -2.21. The van der Waals surface area contributed by atoms with Gasteiger partial charge in [0.25, 0.3) is 10.0 Å². The Labute approximate surface area is 111 Å². The SMILES string of the molecule is CCN(c1ccncc1)S(=O)(=O)c1cn(C)nc1N. The van der Waals surface area contributed by atoms with Crippen molar-refractivity contribution >= 4 is 21.5 Å². The van der Waals surface area contributed by atoms with E-state index in [4.69, 9.17) is 5.73 Å². The van der Waals surface area contributed by atoms with E-state index in [0.29, 0.717) is 12.2 Å². The number of anilines is 2. The molecule has 2 N–H and O–H groups in total. The van der Waals surface area contributed by atoms with Gasteiger partial charge in [0.15, 0.2) is 5.82 Å². The van der Waals surface area contributed by atoms with Gasteiger partial charge in [-0.1, -0.05) is 0 Å². The van der Waals surface area contributed by atoms with Gasteiger partial charge in [0.2, 0.25) is 0 Å². The summed E-state index contributed by atoms with van der Waals surface area (Å²) in [6.07, 6.45) is 4.48. The average Bonchev–Trinajstić information content (AvgIpc) is 2.71. The number of nitrogens with zero attached hydrogens (tertiary/aromatic N) is 4. The van der Waals surface area contributed by atoms with Crippen molar-refractivity contribution in [2.24, 2.45) is 7.05 Å². The van der Waals surface area contributed by atoms with E-state index in [1.54, 1.807) is 38.5 Å². The highest BCUT2D eigenvalue weighted by Gasteiger charge is 2.27. The third-order valence-electron chi connectivity index (χ3n) is 2.63. The van der Waals surface area contributed by atoms with Crippen LogP contribution in [0.4, 0.5) is 11.5 Å². The second kappa shape index (κ2) is 4.88. The Morgan fingerprint density at radius 2 is 2.00 bits per heavy atom. The van der Waals surface area contributed by atoms with Crippen LogP contribution in [0.5, 0.6) is 0 Å². The van der Waals surface area contributed by atoms with Crippen molar-refractivity contribution < 1.29 is 8.42 Å². The van der Waals surface area contributed by atoms with E-state index in [1.165, 1.54) is 15.2 Å². The minimum atomic E-state index is -3.72. The number of hydrogen-bond donors (Lipinski definition) is 1. The largest absolute Gasteiger partial charge is 0.381 e. The zero-order valence-electron chi connectivity index (χ0n) is 10.7. The third-order valence-corrected chi connectivity index (χ3v) is 4.55. The van der Waals surface area contributed by atoms with Crippen LogP contribution in [-0.2, 0) is 17.1 Å². The van der Waals surface area contributed by atoms with Gasteiger partial charge in [0.05, 0.1) is 5.69 Å². The molecule has 0 saturated heterocycles. The Morgan fingerprint density at radius 1 is 1.37 bits per heavy atom. The summed E-state index contributed by atoms with van der Waals surface area (Å²) in [6, 6.07) is 3.27. The number of aryl methyl sites for hydroxylation is 1. The van der Waals surface area contributed by atoms with Crippen molar-refractivity contribution in [3.63, 3.8) is 0 Å².